The summed E-state index contributed by atoms with van der Waals surface area (Å²) in [7, 11) is 1.61. The minimum atomic E-state index is 0.215. The first kappa shape index (κ1) is 16.2. The molecule has 2 aromatic carbocycles. The van der Waals surface area contributed by atoms with E-state index < -0.39 is 0 Å². The zero-order valence-corrected chi connectivity index (χ0v) is 14.5. The van der Waals surface area contributed by atoms with Crippen molar-refractivity contribution in [2.45, 2.75) is 0 Å². The second kappa shape index (κ2) is 6.93. The Kier molecular flexibility index (Phi) is 4.33. The van der Waals surface area contributed by atoms with E-state index in [2.05, 4.69) is 20.1 Å². The third-order valence-electron chi connectivity index (χ3n) is 3.72. The Morgan fingerprint density at radius 3 is 2.58 bits per heavy atom. The minimum absolute atomic E-state index is 0.215. The van der Waals surface area contributed by atoms with Crippen molar-refractivity contribution in [2.24, 2.45) is 0 Å². The highest BCUT2D eigenvalue weighted by Crippen LogP contribution is 2.25. The number of benzene rings is 2. The number of nitrogens with zero attached hydrogens (tertiary/aromatic N) is 4. The molecule has 0 amide bonds. The normalized spacial score (nSPS) is 11.7. The predicted molar refractivity (Wildman–Crippen MR) is 99.5 cm³/mol. The fourth-order valence-corrected chi connectivity index (χ4v) is 2.60. The van der Waals surface area contributed by atoms with Crippen LogP contribution in [0.2, 0.25) is 0 Å². The van der Waals surface area contributed by atoms with E-state index in [1.54, 1.807) is 19.4 Å². The van der Waals surface area contributed by atoms with Gasteiger partial charge in [-0.05, 0) is 42.5 Å². The maximum atomic E-state index is 6.32. The van der Waals surface area contributed by atoms with E-state index in [4.69, 9.17) is 20.9 Å². The Balaban J connectivity index is 1.61. The van der Waals surface area contributed by atoms with E-state index >= 15 is 0 Å². The molecular weight excluding hydrogens is 352 g/mol. The molecule has 0 unspecified atom stereocenters. The Morgan fingerprint density at radius 2 is 1.81 bits per heavy atom. The summed E-state index contributed by atoms with van der Waals surface area (Å²) in [6.45, 7) is 0. The molecule has 0 N–H and O–H groups in total. The molecule has 7 heteroatoms. The molecule has 0 bridgehead atoms. The van der Waals surface area contributed by atoms with Gasteiger partial charge >= 0.3 is 0 Å². The summed E-state index contributed by atoms with van der Waals surface area (Å²) in [6.07, 6.45) is 3.29. The van der Waals surface area contributed by atoms with Crippen molar-refractivity contribution in [1.82, 2.24) is 20.1 Å². The molecule has 128 valence electrons. The summed E-state index contributed by atoms with van der Waals surface area (Å²) >= 11 is 6.32. The topological polar surface area (TPSA) is 73.9 Å². The molecule has 0 saturated heterocycles. The van der Waals surface area contributed by atoms with Crippen LogP contribution in [-0.2, 0) is 0 Å². The predicted octanol–water partition coefficient (Wildman–Crippen LogP) is 4.43. The summed E-state index contributed by atoms with van der Waals surface area (Å²) in [5, 5.41) is 4.26. The van der Waals surface area contributed by atoms with E-state index in [9.17, 15) is 0 Å². The largest absolute Gasteiger partial charge is 0.497 e. The number of halogens is 1. The van der Waals surface area contributed by atoms with Gasteiger partial charge in [0, 0.05) is 5.56 Å². The van der Waals surface area contributed by atoms with E-state index in [1.807, 2.05) is 48.5 Å². The van der Waals surface area contributed by atoms with Crippen LogP contribution in [-0.4, -0.2) is 27.2 Å². The van der Waals surface area contributed by atoms with E-state index in [0.29, 0.717) is 16.6 Å². The molecule has 6 nitrogen and oxygen atoms in total. The monoisotopic (exact) mass is 364 g/mol. The Labute approximate surface area is 154 Å². The maximum Gasteiger partial charge on any atom is 0.269 e. The van der Waals surface area contributed by atoms with Crippen molar-refractivity contribution >= 4 is 33.7 Å². The van der Waals surface area contributed by atoms with Crippen LogP contribution < -0.4 is 4.74 Å². The molecule has 0 radical (unpaired) electrons. The standard InChI is InChI=1S/C19H13ClN4O2/c1-25-14-8-6-12(7-9-14)18-23-19(26-24-18)15(20)10-13-11-21-16-4-2-3-5-17(16)22-13/h2-11H,1H3/b15-10-. The lowest BCUT2D eigenvalue weighted by atomic mass is 10.2. The van der Waals surface area contributed by atoms with Gasteiger partial charge in [0.2, 0.25) is 5.82 Å². The van der Waals surface area contributed by atoms with Gasteiger partial charge < -0.3 is 9.26 Å². The van der Waals surface area contributed by atoms with Gasteiger partial charge in [0.15, 0.2) is 0 Å². The van der Waals surface area contributed by atoms with Crippen molar-refractivity contribution in [3.05, 3.63) is 66.3 Å². The van der Waals surface area contributed by atoms with Gasteiger partial charge in [-0.15, -0.1) is 0 Å². The van der Waals surface area contributed by atoms with Gasteiger partial charge in [-0.3, -0.25) is 4.98 Å². The van der Waals surface area contributed by atoms with Crippen LogP contribution >= 0.6 is 11.6 Å². The molecular formula is C19H13ClN4O2. The molecule has 0 aliphatic carbocycles. The summed E-state index contributed by atoms with van der Waals surface area (Å²) in [5.41, 5.74) is 3.02. The van der Waals surface area contributed by atoms with Crippen LogP contribution in [0.15, 0.2) is 59.3 Å². The number of fused-ring (bicyclic) bond motifs is 1. The first-order chi connectivity index (χ1) is 12.7. The highest BCUT2D eigenvalue weighted by Gasteiger charge is 2.12. The number of rotatable bonds is 4. The lowest BCUT2D eigenvalue weighted by molar-refractivity contribution is 0.410. The van der Waals surface area contributed by atoms with Crippen LogP contribution in [0.5, 0.6) is 5.75 Å². The molecule has 0 saturated carbocycles. The fraction of sp³-hybridized carbons (Fsp3) is 0.0526. The zero-order valence-electron chi connectivity index (χ0n) is 13.8. The number of hydrogen-bond donors (Lipinski definition) is 0. The van der Waals surface area contributed by atoms with Gasteiger partial charge in [-0.2, -0.15) is 4.98 Å². The highest BCUT2D eigenvalue weighted by molar-refractivity contribution is 6.50. The van der Waals surface area contributed by atoms with Crippen LogP contribution in [0.25, 0.3) is 33.5 Å². The molecule has 2 heterocycles. The fourth-order valence-electron chi connectivity index (χ4n) is 2.41. The van der Waals surface area contributed by atoms with Crippen LogP contribution in [0.3, 0.4) is 0 Å². The Morgan fingerprint density at radius 1 is 1.04 bits per heavy atom. The van der Waals surface area contributed by atoms with Crippen LogP contribution in [0, 0.1) is 0 Å². The molecule has 0 spiro atoms. The summed E-state index contributed by atoms with van der Waals surface area (Å²) in [4.78, 5) is 13.2. The number of methoxy groups -OCH3 is 1. The van der Waals surface area contributed by atoms with Crippen molar-refractivity contribution in [2.75, 3.05) is 7.11 Å². The Hall–Kier alpha value is -3.25. The quantitative estimate of drug-likeness (QED) is 0.533. The number of para-hydroxylation sites is 2. The van der Waals surface area contributed by atoms with Crippen LogP contribution in [0.1, 0.15) is 11.6 Å². The van der Waals surface area contributed by atoms with Gasteiger partial charge in [0.1, 0.15) is 10.8 Å². The summed E-state index contributed by atoms with van der Waals surface area (Å²) in [6, 6.07) is 15.0. The average Bonchev–Trinajstić information content (AvgIpc) is 3.18. The second-order valence-electron chi connectivity index (χ2n) is 5.43. The highest BCUT2D eigenvalue weighted by atomic mass is 35.5. The third-order valence-corrected chi connectivity index (χ3v) is 3.99. The number of aromatic nitrogens is 4. The van der Waals surface area contributed by atoms with Crippen molar-refractivity contribution in [1.29, 1.82) is 0 Å². The van der Waals surface area contributed by atoms with Gasteiger partial charge in [0.25, 0.3) is 5.89 Å². The van der Waals surface area contributed by atoms with Crippen molar-refractivity contribution < 1.29 is 9.26 Å². The van der Waals surface area contributed by atoms with Crippen molar-refractivity contribution in [3.8, 4) is 17.1 Å². The molecule has 0 aliphatic heterocycles. The van der Waals surface area contributed by atoms with E-state index in [1.165, 1.54) is 0 Å². The summed E-state index contributed by atoms with van der Waals surface area (Å²) in [5.74, 6) is 1.41. The molecule has 0 fully saturated rings. The maximum absolute atomic E-state index is 6.32. The SMILES string of the molecule is COc1ccc(-c2noc(/C(Cl)=C/c3cnc4ccccc4n3)n2)cc1. The average molecular weight is 365 g/mol. The first-order valence-electron chi connectivity index (χ1n) is 7.80. The van der Waals surface area contributed by atoms with Crippen LogP contribution in [0.4, 0.5) is 0 Å². The molecule has 26 heavy (non-hydrogen) atoms. The molecule has 2 aromatic heterocycles. The zero-order chi connectivity index (χ0) is 17.9. The number of ether oxygens (including phenoxy) is 1. The molecule has 4 rings (SSSR count). The minimum Gasteiger partial charge on any atom is -0.497 e. The molecule has 0 atom stereocenters. The Bertz CT molecular complexity index is 1090. The molecule has 4 aromatic rings. The lowest BCUT2D eigenvalue weighted by Gasteiger charge is -1.99. The first-order valence-corrected chi connectivity index (χ1v) is 8.18. The van der Waals surface area contributed by atoms with E-state index in [-0.39, 0.29) is 5.89 Å². The van der Waals surface area contributed by atoms with E-state index in [0.717, 1.165) is 22.3 Å². The second-order valence-corrected chi connectivity index (χ2v) is 5.83. The van der Waals surface area contributed by atoms with Gasteiger partial charge in [-0.25, -0.2) is 4.98 Å². The van der Waals surface area contributed by atoms with Crippen molar-refractivity contribution in [3.63, 3.8) is 0 Å². The summed E-state index contributed by atoms with van der Waals surface area (Å²) < 4.78 is 10.4. The lowest BCUT2D eigenvalue weighted by Crippen LogP contribution is -1.88. The smallest absolute Gasteiger partial charge is 0.269 e. The van der Waals surface area contributed by atoms with Gasteiger partial charge in [-0.1, -0.05) is 28.9 Å². The molecule has 0 aliphatic rings. The number of hydrogen-bond acceptors (Lipinski definition) is 6. The van der Waals surface area contributed by atoms with Gasteiger partial charge in [0.05, 0.1) is 30.0 Å². The third kappa shape index (κ3) is 3.27.